The number of likely N-dealkylation sites (tertiary alicyclic amines) is 1. The molecule has 1 aromatic rings. The van der Waals surface area contributed by atoms with Gasteiger partial charge in [0.15, 0.2) is 5.82 Å². The molecule has 3 rings (SSSR count). The Balaban J connectivity index is 1.60. The summed E-state index contributed by atoms with van der Waals surface area (Å²) in [4.78, 5) is 20.7. The number of piperidine rings is 1. The molecular weight excluding hydrogens is 362 g/mol. The molecule has 9 nitrogen and oxygen atoms in total. The summed E-state index contributed by atoms with van der Waals surface area (Å²) in [7, 11) is 3.71. The number of aryl methyl sites for hydroxylation is 1. The van der Waals surface area contributed by atoms with Gasteiger partial charge in [0.25, 0.3) is 0 Å². The molecule has 0 saturated carbocycles. The minimum Gasteiger partial charge on any atom is -0.388 e. The number of amides is 1. The Bertz CT molecular complexity index is 671. The van der Waals surface area contributed by atoms with Crippen molar-refractivity contribution in [1.82, 2.24) is 25.3 Å². The second-order valence-corrected chi connectivity index (χ2v) is 8.50. The highest BCUT2D eigenvalue weighted by molar-refractivity contribution is 5.78. The smallest absolute Gasteiger partial charge is 0.240 e. The van der Waals surface area contributed by atoms with Crippen molar-refractivity contribution in [2.24, 2.45) is 0 Å². The predicted molar refractivity (Wildman–Crippen MR) is 103 cm³/mol. The zero-order valence-electron chi connectivity index (χ0n) is 17.4. The Labute approximate surface area is 166 Å². The van der Waals surface area contributed by atoms with Crippen molar-refractivity contribution in [2.45, 2.75) is 63.3 Å². The number of nitrogens with one attached hydrogen (secondary N) is 1. The topological polar surface area (TPSA) is 104 Å². The van der Waals surface area contributed by atoms with E-state index < -0.39 is 17.2 Å². The first-order valence-electron chi connectivity index (χ1n) is 10.1. The van der Waals surface area contributed by atoms with Gasteiger partial charge in [-0.1, -0.05) is 12.1 Å². The standard InChI is InChI=1S/C19H33N5O4/c1-5-14-20-16(28-22-14)13-24-9-6-19(7-10-24)17(26)18(2,8-11-27-19)21-15(25)12-23(3)4/h17,26H,5-13H2,1-4H3,(H,21,25)/t17-,18+/m1/s1. The van der Waals surface area contributed by atoms with Crippen molar-refractivity contribution >= 4 is 5.91 Å². The maximum atomic E-state index is 12.3. The molecule has 0 bridgehead atoms. The molecule has 0 unspecified atom stereocenters. The van der Waals surface area contributed by atoms with Gasteiger partial charge in [0.1, 0.15) is 6.10 Å². The van der Waals surface area contributed by atoms with E-state index in [4.69, 9.17) is 9.26 Å². The van der Waals surface area contributed by atoms with Crippen LogP contribution in [-0.4, -0.2) is 88.5 Å². The van der Waals surface area contributed by atoms with Crippen LogP contribution in [-0.2, 0) is 22.5 Å². The summed E-state index contributed by atoms with van der Waals surface area (Å²) in [6.07, 6.45) is 1.99. The third kappa shape index (κ3) is 4.53. The van der Waals surface area contributed by atoms with Crippen molar-refractivity contribution in [1.29, 1.82) is 0 Å². The van der Waals surface area contributed by atoms with Crippen LogP contribution < -0.4 is 5.32 Å². The maximum absolute atomic E-state index is 12.3. The molecular formula is C19H33N5O4. The minimum absolute atomic E-state index is 0.0795. The Morgan fingerprint density at radius 3 is 2.68 bits per heavy atom. The van der Waals surface area contributed by atoms with Crippen LogP contribution >= 0.6 is 0 Å². The molecule has 2 saturated heterocycles. The molecule has 2 fully saturated rings. The average Bonchev–Trinajstić information content (AvgIpc) is 3.08. The first-order valence-corrected chi connectivity index (χ1v) is 10.1. The van der Waals surface area contributed by atoms with E-state index in [0.717, 1.165) is 25.3 Å². The average molecular weight is 396 g/mol. The van der Waals surface area contributed by atoms with Gasteiger partial charge in [-0.3, -0.25) is 9.69 Å². The normalized spacial score (nSPS) is 28.0. The lowest BCUT2D eigenvalue weighted by Gasteiger charge is -2.53. The zero-order chi connectivity index (χ0) is 20.4. The highest BCUT2D eigenvalue weighted by Gasteiger charge is 2.53. The van der Waals surface area contributed by atoms with Gasteiger partial charge < -0.3 is 24.6 Å². The number of carbonyl (C=O) groups excluding carboxylic acids is 1. The number of hydrogen-bond acceptors (Lipinski definition) is 8. The summed E-state index contributed by atoms with van der Waals surface area (Å²) in [5.74, 6) is 1.27. The summed E-state index contributed by atoms with van der Waals surface area (Å²) >= 11 is 0. The van der Waals surface area contributed by atoms with Crippen molar-refractivity contribution in [3.63, 3.8) is 0 Å². The van der Waals surface area contributed by atoms with Crippen LogP contribution in [0.3, 0.4) is 0 Å². The summed E-state index contributed by atoms with van der Waals surface area (Å²) in [5, 5.41) is 18.2. The number of carbonyl (C=O) groups is 1. The van der Waals surface area contributed by atoms with E-state index in [2.05, 4.69) is 20.4 Å². The Hall–Kier alpha value is -1.55. The SMILES string of the molecule is CCc1noc(CN2CCC3(CC2)OCC[C@](C)(NC(=O)CN(C)C)[C@H]3O)n1. The van der Waals surface area contributed by atoms with Crippen LogP contribution in [0.5, 0.6) is 0 Å². The van der Waals surface area contributed by atoms with E-state index in [1.165, 1.54) is 0 Å². The van der Waals surface area contributed by atoms with E-state index in [0.29, 0.717) is 44.8 Å². The van der Waals surface area contributed by atoms with Gasteiger partial charge in [0.2, 0.25) is 11.8 Å². The number of nitrogens with zero attached hydrogens (tertiary/aromatic N) is 4. The number of aliphatic hydroxyl groups is 1. The van der Waals surface area contributed by atoms with Gasteiger partial charge in [-0.2, -0.15) is 4.98 Å². The number of rotatable bonds is 6. The fraction of sp³-hybridized carbons (Fsp3) is 0.842. The lowest BCUT2D eigenvalue weighted by molar-refractivity contribution is -0.208. The summed E-state index contributed by atoms with van der Waals surface area (Å²) in [6.45, 7) is 6.89. The molecule has 2 aliphatic rings. The van der Waals surface area contributed by atoms with E-state index in [1.807, 2.05) is 32.8 Å². The molecule has 158 valence electrons. The van der Waals surface area contributed by atoms with Crippen LogP contribution in [0.25, 0.3) is 0 Å². The quantitative estimate of drug-likeness (QED) is 0.703. The Morgan fingerprint density at radius 1 is 1.36 bits per heavy atom. The van der Waals surface area contributed by atoms with Crippen LogP contribution in [0.1, 0.15) is 44.8 Å². The fourth-order valence-electron chi connectivity index (χ4n) is 4.24. The van der Waals surface area contributed by atoms with Crippen molar-refractivity contribution in [2.75, 3.05) is 40.3 Å². The van der Waals surface area contributed by atoms with E-state index in [1.54, 1.807) is 0 Å². The zero-order valence-corrected chi connectivity index (χ0v) is 17.4. The van der Waals surface area contributed by atoms with Gasteiger partial charge in [0, 0.05) is 26.1 Å². The van der Waals surface area contributed by atoms with Crippen LogP contribution in [0.2, 0.25) is 0 Å². The molecule has 0 aliphatic carbocycles. The van der Waals surface area contributed by atoms with Crippen LogP contribution in [0.4, 0.5) is 0 Å². The number of aromatic nitrogens is 2. The van der Waals surface area contributed by atoms with Gasteiger partial charge in [-0.25, -0.2) is 0 Å². The monoisotopic (exact) mass is 395 g/mol. The van der Waals surface area contributed by atoms with Crippen molar-refractivity contribution in [3.05, 3.63) is 11.7 Å². The third-order valence-corrected chi connectivity index (χ3v) is 5.89. The minimum atomic E-state index is -0.753. The number of aliphatic hydroxyl groups excluding tert-OH is 1. The highest BCUT2D eigenvalue weighted by Crippen LogP contribution is 2.40. The van der Waals surface area contributed by atoms with Gasteiger partial charge in [-0.15, -0.1) is 0 Å². The molecule has 1 amide bonds. The molecule has 0 aromatic carbocycles. The summed E-state index contributed by atoms with van der Waals surface area (Å²) in [6, 6.07) is 0. The molecule has 2 aliphatic heterocycles. The Kier molecular flexibility index (Phi) is 6.38. The largest absolute Gasteiger partial charge is 0.388 e. The predicted octanol–water partition coefficient (Wildman–Crippen LogP) is 0.184. The molecule has 28 heavy (non-hydrogen) atoms. The van der Waals surface area contributed by atoms with Gasteiger partial charge in [0.05, 0.1) is 24.2 Å². The molecule has 2 N–H and O–H groups in total. The molecule has 0 radical (unpaired) electrons. The first kappa shape index (κ1) is 21.2. The third-order valence-electron chi connectivity index (χ3n) is 5.89. The summed E-state index contributed by atoms with van der Waals surface area (Å²) < 4.78 is 11.4. The molecule has 3 heterocycles. The number of hydrogen-bond donors (Lipinski definition) is 2. The first-order chi connectivity index (χ1) is 13.3. The molecule has 1 spiro atoms. The molecule has 2 atom stereocenters. The lowest BCUT2D eigenvalue weighted by atomic mass is 9.73. The van der Waals surface area contributed by atoms with Gasteiger partial charge >= 0.3 is 0 Å². The fourth-order valence-corrected chi connectivity index (χ4v) is 4.24. The number of likely N-dealkylation sites (N-methyl/N-ethyl adjacent to an activating group) is 1. The van der Waals surface area contributed by atoms with E-state index in [9.17, 15) is 9.90 Å². The second kappa shape index (κ2) is 8.44. The van der Waals surface area contributed by atoms with Crippen molar-refractivity contribution in [3.8, 4) is 0 Å². The van der Waals surface area contributed by atoms with Gasteiger partial charge in [-0.05, 0) is 40.3 Å². The maximum Gasteiger partial charge on any atom is 0.240 e. The second-order valence-electron chi connectivity index (χ2n) is 8.50. The van der Waals surface area contributed by atoms with Crippen LogP contribution in [0, 0.1) is 0 Å². The molecule has 9 heteroatoms. The number of ether oxygens (including phenoxy) is 1. The highest BCUT2D eigenvalue weighted by atomic mass is 16.5. The Morgan fingerprint density at radius 2 is 2.07 bits per heavy atom. The van der Waals surface area contributed by atoms with Crippen LogP contribution in [0.15, 0.2) is 4.52 Å². The van der Waals surface area contributed by atoms with E-state index in [-0.39, 0.29) is 5.91 Å². The van der Waals surface area contributed by atoms with E-state index >= 15 is 0 Å². The summed E-state index contributed by atoms with van der Waals surface area (Å²) in [5.41, 5.74) is -1.31. The molecule has 1 aromatic heterocycles. The van der Waals surface area contributed by atoms with Crippen molar-refractivity contribution < 1.29 is 19.2 Å². The lowest BCUT2D eigenvalue weighted by Crippen LogP contribution is -2.69.